The van der Waals surface area contributed by atoms with Gasteiger partial charge < -0.3 is 4.42 Å². The Morgan fingerprint density at radius 2 is 1.15 bits per heavy atom. The third-order valence-electron chi connectivity index (χ3n) is 9.10. The van der Waals surface area contributed by atoms with Crippen LogP contribution in [0.3, 0.4) is 0 Å². The highest BCUT2D eigenvalue weighted by Gasteiger charge is 2.18. The van der Waals surface area contributed by atoms with Gasteiger partial charge in [0.2, 0.25) is 0 Å². The van der Waals surface area contributed by atoms with Crippen LogP contribution in [0.5, 0.6) is 0 Å². The van der Waals surface area contributed by atoms with E-state index in [0.29, 0.717) is 5.82 Å². The van der Waals surface area contributed by atoms with Crippen molar-refractivity contribution in [2.24, 2.45) is 0 Å². The van der Waals surface area contributed by atoms with Gasteiger partial charge in [0, 0.05) is 58.6 Å². The molecule has 0 N–H and O–H groups in total. The first-order valence-electron chi connectivity index (χ1n) is 15.9. The maximum atomic E-state index is 6.23. The molecule has 6 aromatic carbocycles. The molecule has 0 aliphatic rings. The van der Waals surface area contributed by atoms with Crippen molar-refractivity contribution in [1.82, 2.24) is 15.0 Å². The van der Waals surface area contributed by atoms with Crippen molar-refractivity contribution in [3.8, 4) is 45.2 Å². The molecule has 0 unspecified atom stereocenters. The van der Waals surface area contributed by atoms with Crippen LogP contribution >= 0.6 is 11.3 Å². The van der Waals surface area contributed by atoms with Gasteiger partial charge in [-0.15, -0.1) is 11.3 Å². The summed E-state index contributed by atoms with van der Waals surface area (Å²) in [4.78, 5) is 15.5. The zero-order valence-corrected chi connectivity index (χ0v) is 26.4. The fourth-order valence-electron chi connectivity index (χ4n) is 6.85. The molecule has 0 radical (unpaired) electrons. The van der Waals surface area contributed by atoms with E-state index in [0.717, 1.165) is 66.8 Å². The maximum Gasteiger partial charge on any atom is 0.160 e. The Hall–Kier alpha value is -6.17. The van der Waals surface area contributed by atoms with E-state index in [1.165, 1.54) is 25.6 Å². The average Bonchev–Trinajstić information content (AvgIpc) is 3.74. The number of aromatic nitrogens is 3. The molecule has 0 saturated heterocycles. The number of thiophene rings is 1. The van der Waals surface area contributed by atoms with E-state index < -0.39 is 0 Å². The van der Waals surface area contributed by atoms with Crippen molar-refractivity contribution >= 4 is 64.4 Å². The van der Waals surface area contributed by atoms with Crippen LogP contribution in [0.15, 0.2) is 156 Å². The Morgan fingerprint density at radius 1 is 0.458 bits per heavy atom. The average molecular weight is 632 g/mol. The number of hydrogen-bond acceptors (Lipinski definition) is 5. The smallest absolute Gasteiger partial charge is 0.160 e. The van der Waals surface area contributed by atoms with Crippen LogP contribution in [0, 0.1) is 0 Å². The van der Waals surface area contributed by atoms with Crippen LogP contribution in [0.1, 0.15) is 0 Å². The summed E-state index contributed by atoms with van der Waals surface area (Å²) < 4.78 is 8.77. The summed E-state index contributed by atoms with van der Waals surface area (Å²) in [6, 6.07) is 52.3. The summed E-state index contributed by atoms with van der Waals surface area (Å²) in [5, 5.41) is 5.77. The fraction of sp³-hybridized carbons (Fsp3) is 0. The molecule has 5 heteroatoms. The minimum absolute atomic E-state index is 0.680. The van der Waals surface area contributed by atoms with Gasteiger partial charge in [-0.25, -0.2) is 15.0 Å². The van der Waals surface area contributed by atoms with E-state index in [-0.39, 0.29) is 0 Å². The highest BCUT2D eigenvalue weighted by Crippen LogP contribution is 2.43. The number of hydrogen-bond donors (Lipinski definition) is 0. The highest BCUT2D eigenvalue weighted by molar-refractivity contribution is 7.26. The molecule has 0 bridgehead atoms. The molecule has 0 atom stereocenters. The van der Waals surface area contributed by atoms with Crippen molar-refractivity contribution in [1.29, 1.82) is 0 Å². The van der Waals surface area contributed by atoms with Crippen LogP contribution in [0.2, 0.25) is 0 Å². The molecule has 48 heavy (non-hydrogen) atoms. The Morgan fingerprint density at radius 3 is 2.02 bits per heavy atom. The molecule has 0 saturated carbocycles. The van der Waals surface area contributed by atoms with Gasteiger partial charge in [-0.1, -0.05) is 121 Å². The Bertz CT molecular complexity index is 2830. The predicted molar refractivity (Wildman–Crippen MR) is 199 cm³/mol. The Labute approximate surface area is 279 Å². The van der Waals surface area contributed by atoms with Gasteiger partial charge in [-0.3, -0.25) is 0 Å². The Balaban J connectivity index is 1.16. The lowest BCUT2D eigenvalue weighted by Gasteiger charge is -2.11. The van der Waals surface area contributed by atoms with Crippen LogP contribution in [0.25, 0.3) is 98.2 Å². The van der Waals surface area contributed by atoms with E-state index in [9.17, 15) is 0 Å². The number of furan rings is 1. The normalized spacial score (nSPS) is 11.8. The van der Waals surface area contributed by atoms with Gasteiger partial charge in [0.1, 0.15) is 11.2 Å². The summed E-state index contributed by atoms with van der Waals surface area (Å²) in [5.41, 5.74) is 9.48. The van der Waals surface area contributed by atoms with Crippen LogP contribution < -0.4 is 0 Å². The molecule has 4 nitrogen and oxygen atoms in total. The van der Waals surface area contributed by atoms with E-state index in [4.69, 9.17) is 19.4 Å². The number of fused-ring (bicyclic) bond motifs is 8. The summed E-state index contributed by atoms with van der Waals surface area (Å²) in [6.07, 6.45) is 0. The molecule has 10 rings (SSSR count). The van der Waals surface area contributed by atoms with Crippen LogP contribution in [0.4, 0.5) is 0 Å². The van der Waals surface area contributed by atoms with E-state index in [2.05, 4.69) is 103 Å². The van der Waals surface area contributed by atoms with Crippen molar-refractivity contribution in [2.45, 2.75) is 0 Å². The fourth-order valence-corrected chi connectivity index (χ4v) is 8.09. The molecule has 0 amide bonds. The number of nitrogens with zero attached hydrogens (tertiary/aromatic N) is 3. The molecular formula is C43H25N3OS. The SMILES string of the molecule is c1ccc(-c2nc(-c3ccc(-c4nc5ccccc5c5sc6ccccc6c45)cc3)cc(-c3cccc4oc5ccccc5c34)n2)cc1. The second-order valence-electron chi connectivity index (χ2n) is 12.0. The summed E-state index contributed by atoms with van der Waals surface area (Å²) in [5.74, 6) is 0.680. The van der Waals surface area contributed by atoms with Crippen molar-refractivity contribution in [3.05, 3.63) is 152 Å². The Kier molecular flexibility index (Phi) is 6.01. The minimum Gasteiger partial charge on any atom is -0.456 e. The second-order valence-corrected chi connectivity index (χ2v) is 13.0. The predicted octanol–water partition coefficient (Wildman–Crippen LogP) is 12.0. The van der Waals surface area contributed by atoms with E-state index in [1.54, 1.807) is 0 Å². The monoisotopic (exact) mass is 631 g/mol. The molecule has 0 fully saturated rings. The van der Waals surface area contributed by atoms with Gasteiger partial charge in [0.15, 0.2) is 5.82 Å². The lowest BCUT2D eigenvalue weighted by Crippen LogP contribution is -1.96. The standard InChI is InChI=1S/C43H25N3OS/c1-2-11-28(12-3-1)43-45-34(25-35(46-43)29-16-10-19-37-39(29)31-14-5-8-18-36(31)47-37)26-21-23-27(24-22-26)41-40-32-15-6-9-20-38(32)48-42(40)30-13-4-7-17-33(30)44-41/h1-25H. The van der Waals surface area contributed by atoms with Crippen molar-refractivity contribution in [2.75, 3.05) is 0 Å². The number of para-hydroxylation sites is 2. The summed E-state index contributed by atoms with van der Waals surface area (Å²) in [6.45, 7) is 0. The lowest BCUT2D eigenvalue weighted by atomic mass is 9.99. The molecule has 0 aliphatic carbocycles. The van der Waals surface area contributed by atoms with Gasteiger partial charge >= 0.3 is 0 Å². The van der Waals surface area contributed by atoms with Crippen LogP contribution in [-0.2, 0) is 0 Å². The van der Waals surface area contributed by atoms with Crippen molar-refractivity contribution in [3.63, 3.8) is 0 Å². The quantitative estimate of drug-likeness (QED) is 0.194. The van der Waals surface area contributed by atoms with Gasteiger partial charge in [-0.2, -0.15) is 0 Å². The topological polar surface area (TPSA) is 51.8 Å². The first-order chi connectivity index (χ1) is 23.8. The number of rotatable bonds is 4. The van der Waals surface area contributed by atoms with E-state index >= 15 is 0 Å². The van der Waals surface area contributed by atoms with Crippen LogP contribution in [-0.4, -0.2) is 15.0 Å². The third-order valence-corrected chi connectivity index (χ3v) is 10.3. The van der Waals surface area contributed by atoms with Crippen molar-refractivity contribution < 1.29 is 4.42 Å². The molecule has 0 spiro atoms. The maximum absolute atomic E-state index is 6.23. The van der Waals surface area contributed by atoms with Gasteiger partial charge in [-0.05, 0) is 30.3 Å². The molecular weight excluding hydrogens is 607 g/mol. The third kappa shape index (κ3) is 4.25. The zero-order valence-electron chi connectivity index (χ0n) is 25.6. The van der Waals surface area contributed by atoms with Gasteiger partial charge in [0.25, 0.3) is 0 Å². The minimum atomic E-state index is 0.680. The number of pyridine rings is 1. The molecule has 10 aromatic rings. The molecule has 4 aromatic heterocycles. The first kappa shape index (κ1) is 27.0. The highest BCUT2D eigenvalue weighted by atomic mass is 32.1. The lowest BCUT2D eigenvalue weighted by molar-refractivity contribution is 0.669. The molecule has 0 aliphatic heterocycles. The zero-order chi connectivity index (χ0) is 31.6. The summed E-state index contributed by atoms with van der Waals surface area (Å²) in [7, 11) is 0. The second kappa shape index (κ2) is 10.7. The molecule has 224 valence electrons. The summed E-state index contributed by atoms with van der Waals surface area (Å²) >= 11 is 1.84. The molecule has 4 heterocycles. The largest absolute Gasteiger partial charge is 0.456 e. The first-order valence-corrected chi connectivity index (χ1v) is 16.8. The van der Waals surface area contributed by atoms with Gasteiger partial charge in [0.05, 0.1) is 22.6 Å². The van der Waals surface area contributed by atoms with E-state index in [1.807, 2.05) is 59.9 Å². The number of benzene rings is 6.